The van der Waals surface area contributed by atoms with Crippen molar-refractivity contribution >= 4 is 39.1 Å². The topological polar surface area (TPSA) is 86.8 Å². The van der Waals surface area contributed by atoms with Crippen LogP contribution in [0.3, 0.4) is 0 Å². The Balaban J connectivity index is 2.12. The lowest BCUT2D eigenvalue weighted by Crippen LogP contribution is -2.50. The van der Waals surface area contributed by atoms with Crippen LogP contribution in [-0.2, 0) is 26.0 Å². The fourth-order valence-corrected chi connectivity index (χ4v) is 4.89. The van der Waals surface area contributed by atoms with Crippen molar-refractivity contribution in [3.63, 3.8) is 0 Å². The predicted molar refractivity (Wildman–Crippen MR) is 137 cm³/mol. The highest BCUT2D eigenvalue weighted by Gasteiger charge is 2.28. The number of nitrogens with zero attached hydrogens (tertiary/aromatic N) is 2. The molecule has 34 heavy (non-hydrogen) atoms. The van der Waals surface area contributed by atoms with Crippen molar-refractivity contribution in [1.82, 2.24) is 10.2 Å². The Morgan fingerprint density at radius 1 is 1.00 bits per heavy atom. The Labute approximate surface area is 208 Å². The molecule has 0 bridgehead atoms. The molecule has 1 N–H and O–H groups in total. The van der Waals surface area contributed by atoms with E-state index >= 15 is 0 Å². The molecule has 2 amide bonds. The Kier molecular flexibility index (Phi) is 10.9. The summed E-state index contributed by atoms with van der Waals surface area (Å²) in [6.07, 6.45) is 2.71. The molecule has 2 aromatic carbocycles. The Morgan fingerprint density at radius 3 is 2.21 bits per heavy atom. The van der Waals surface area contributed by atoms with Gasteiger partial charge >= 0.3 is 0 Å². The number of halogens is 1. The van der Waals surface area contributed by atoms with E-state index in [1.54, 1.807) is 29.2 Å². The number of hydrogen-bond donors (Lipinski definition) is 1. The predicted octanol–water partition coefficient (Wildman–Crippen LogP) is 3.87. The van der Waals surface area contributed by atoms with Crippen molar-refractivity contribution in [3.05, 3.63) is 65.2 Å². The van der Waals surface area contributed by atoms with Crippen LogP contribution in [0.1, 0.15) is 38.7 Å². The third kappa shape index (κ3) is 8.33. The van der Waals surface area contributed by atoms with Gasteiger partial charge in [0.1, 0.15) is 6.04 Å². The van der Waals surface area contributed by atoms with Crippen molar-refractivity contribution in [2.75, 3.05) is 30.2 Å². The molecule has 0 heterocycles. The van der Waals surface area contributed by atoms with Gasteiger partial charge in [0.25, 0.3) is 0 Å². The number of amides is 2. The number of benzene rings is 2. The lowest BCUT2D eigenvalue weighted by molar-refractivity contribution is -0.140. The number of sulfonamides is 1. The van der Waals surface area contributed by atoms with Gasteiger partial charge in [0.2, 0.25) is 21.8 Å². The van der Waals surface area contributed by atoms with E-state index in [9.17, 15) is 18.0 Å². The van der Waals surface area contributed by atoms with Gasteiger partial charge in [-0.25, -0.2) is 8.42 Å². The van der Waals surface area contributed by atoms with Crippen LogP contribution in [0.25, 0.3) is 0 Å². The fraction of sp³-hybridized carbons (Fsp3) is 0.440. The van der Waals surface area contributed by atoms with Crippen LogP contribution in [-0.4, -0.2) is 57.1 Å². The molecule has 0 unspecified atom stereocenters. The first-order valence-electron chi connectivity index (χ1n) is 11.5. The zero-order valence-electron chi connectivity index (χ0n) is 20.0. The van der Waals surface area contributed by atoms with Gasteiger partial charge in [0.05, 0.1) is 11.9 Å². The zero-order chi connectivity index (χ0) is 25.1. The molecule has 0 saturated carbocycles. The number of likely N-dealkylation sites (N-methyl/N-ethyl adjacent to an activating group) is 1. The van der Waals surface area contributed by atoms with Gasteiger partial charge in [-0.15, -0.1) is 0 Å². The minimum atomic E-state index is -3.54. The van der Waals surface area contributed by atoms with E-state index in [2.05, 4.69) is 5.32 Å². The number of carbonyl (C=O) groups is 2. The summed E-state index contributed by atoms with van der Waals surface area (Å²) < 4.78 is 26.0. The Hall–Kier alpha value is -2.58. The number of hydrogen-bond acceptors (Lipinski definition) is 4. The van der Waals surface area contributed by atoms with E-state index in [0.29, 0.717) is 43.1 Å². The Bertz CT molecular complexity index is 1030. The van der Waals surface area contributed by atoms with Crippen molar-refractivity contribution < 1.29 is 18.0 Å². The van der Waals surface area contributed by atoms with Crippen molar-refractivity contribution in [3.8, 4) is 0 Å². The van der Waals surface area contributed by atoms with E-state index in [-0.39, 0.29) is 24.8 Å². The monoisotopic (exact) mass is 507 g/mol. The van der Waals surface area contributed by atoms with Crippen LogP contribution in [0.5, 0.6) is 0 Å². The van der Waals surface area contributed by atoms with Gasteiger partial charge in [0.15, 0.2) is 0 Å². The largest absolute Gasteiger partial charge is 0.355 e. The molecule has 2 aromatic rings. The SMILES string of the molecule is CCNC(=O)[C@H](CC)N(CCc1ccccc1)C(=O)CCCN(c1ccc(Cl)cc1)S(C)(=O)=O. The van der Waals surface area contributed by atoms with Crippen molar-refractivity contribution in [1.29, 1.82) is 0 Å². The average Bonchev–Trinajstić information content (AvgIpc) is 2.80. The molecule has 0 radical (unpaired) electrons. The Morgan fingerprint density at radius 2 is 1.65 bits per heavy atom. The smallest absolute Gasteiger partial charge is 0.242 e. The van der Waals surface area contributed by atoms with E-state index in [1.807, 2.05) is 44.2 Å². The third-order valence-electron chi connectivity index (χ3n) is 5.49. The summed E-state index contributed by atoms with van der Waals surface area (Å²) in [6, 6.07) is 15.8. The van der Waals surface area contributed by atoms with Gasteiger partial charge in [-0.3, -0.25) is 13.9 Å². The number of nitrogens with one attached hydrogen (secondary N) is 1. The fourth-order valence-electron chi connectivity index (χ4n) is 3.80. The van der Waals surface area contributed by atoms with E-state index in [0.717, 1.165) is 11.8 Å². The molecule has 186 valence electrons. The molecule has 7 nitrogen and oxygen atoms in total. The average molecular weight is 508 g/mol. The van der Waals surface area contributed by atoms with Gasteiger partial charge < -0.3 is 10.2 Å². The first kappa shape index (κ1) is 27.7. The molecule has 0 aliphatic heterocycles. The maximum absolute atomic E-state index is 13.2. The molecule has 1 atom stereocenters. The van der Waals surface area contributed by atoms with E-state index in [4.69, 9.17) is 11.6 Å². The summed E-state index contributed by atoms with van der Waals surface area (Å²) in [4.78, 5) is 27.5. The van der Waals surface area contributed by atoms with Crippen LogP contribution in [0.15, 0.2) is 54.6 Å². The second-order valence-electron chi connectivity index (χ2n) is 8.06. The quantitative estimate of drug-likeness (QED) is 0.446. The minimum absolute atomic E-state index is 0.129. The normalized spacial score (nSPS) is 12.1. The first-order chi connectivity index (χ1) is 16.2. The van der Waals surface area contributed by atoms with E-state index in [1.165, 1.54) is 4.31 Å². The van der Waals surface area contributed by atoms with E-state index < -0.39 is 16.1 Å². The van der Waals surface area contributed by atoms with Crippen molar-refractivity contribution in [2.45, 2.75) is 45.6 Å². The maximum atomic E-state index is 13.2. The molecule has 0 aromatic heterocycles. The molecule has 0 fully saturated rings. The summed E-state index contributed by atoms with van der Waals surface area (Å²) in [5.41, 5.74) is 1.58. The van der Waals surface area contributed by atoms with Crippen LogP contribution < -0.4 is 9.62 Å². The van der Waals surface area contributed by atoms with Crippen LogP contribution in [0.2, 0.25) is 5.02 Å². The second kappa shape index (κ2) is 13.3. The summed E-state index contributed by atoms with van der Waals surface area (Å²) in [5.74, 6) is -0.344. The molecular weight excluding hydrogens is 474 g/mol. The molecule has 0 saturated heterocycles. The van der Waals surface area contributed by atoms with Gasteiger partial charge in [-0.1, -0.05) is 48.9 Å². The highest BCUT2D eigenvalue weighted by atomic mass is 35.5. The summed E-state index contributed by atoms with van der Waals surface area (Å²) in [6.45, 7) is 4.77. The van der Waals surface area contributed by atoms with Crippen LogP contribution in [0, 0.1) is 0 Å². The first-order valence-corrected chi connectivity index (χ1v) is 13.7. The molecule has 0 aliphatic carbocycles. The number of carbonyl (C=O) groups excluding carboxylic acids is 2. The third-order valence-corrected chi connectivity index (χ3v) is 6.93. The molecule has 9 heteroatoms. The highest BCUT2D eigenvalue weighted by molar-refractivity contribution is 7.92. The van der Waals surface area contributed by atoms with Gasteiger partial charge in [-0.2, -0.15) is 0 Å². The lowest BCUT2D eigenvalue weighted by Gasteiger charge is -2.31. The molecular formula is C25H34ClN3O4S. The number of anilines is 1. The van der Waals surface area contributed by atoms with Crippen LogP contribution in [0.4, 0.5) is 5.69 Å². The van der Waals surface area contributed by atoms with Crippen molar-refractivity contribution in [2.24, 2.45) is 0 Å². The van der Waals surface area contributed by atoms with Gasteiger partial charge in [-0.05, 0) is 56.0 Å². The highest BCUT2D eigenvalue weighted by Crippen LogP contribution is 2.21. The summed E-state index contributed by atoms with van der Waals surface area (Å²) in [7, 11) is -3.54. The maximum Gasteiger partial charge on any atom is 0.242 e. The molecule has 0 spiro atoms. The molecule has 2 rings (SSSR count). The molecule has 0 aliphatic rings. The second-order valence-corrected chi connectivity index (χ2v) is 10.4. The lowest BCUT2D eigenvalue weighted by atomic mass is 10.1. The number of rotatable bonds is 13. The van der Waals surface area contributed by atoms with Gasteiger partial charge in [0, 0.05) is 31.1 Å². The summed E-state index contributed by atoms with van der Waals surface area (Å²) >= 11 is 5.93. The minimum Gasteiger partial charge on any atom is -0.355 e. The standard InChI is InChI=1S/C25H34ClN3O4S/c1-4-23(25(31)27-5-2)28(19-17-20-10-7-6-8-11-20)24(30)12-9-18-29(34(3,32)33)22-15-13-21(26)14-16-22/h6-8,10-11,13-16,23H,4-5,9,12,17-19H2,1-3H3,(H,27,31)/t23-/m0/s1. The summed E-state index contributed by atoms with van der Waals surface area (Å²) in [5, 5.41) is 3.33. The zero-order valence-corrected chi connectivity index (χ0v) is 21.6. The van der Waals surface area contributed by atoms with Crippen LogP contribution >= 0.6 is 11.6 Å².